The predicted molar refractivity (Wildman–Crippen MR) is 92.3 cm³/mol. The number of halogens is 1. The van der Waals surface area contributed by atoms with E-state index in [1.807, 2.05) is 29.2 Å². The molecule has 0 saturated heterocycles. The number of nitrogens with zero attached hydrogens (tertiary/aromatic N) is 2. The molecular formula is C16H18IN3O. The number of hydrogen-bond acceptors (Lipinski definition) is 3. The summed E-state index contributed by atoms with van der Waals surface area (Å²) < 4.78 is 9.12. The summed E-state index contributed by atoms with van der Waals surface area (Å²) in [6.45, 7) is 4.66. The minimum atomic E-state index is 0.739. The van der Waals surface area contributed by atoms with Crippen molar-refractivity contribution in [1.29, 1.82) is 0 Å². The van der Waals surface area contributed by atoms with E-state index in [1.165, 1.54) is 10.9 Å². The van der Waals surface area contributed by atoms with Gasteiger partial charge in [-0.25, -0.2) is 0 Å². The Hall–Kier alpha value is -1.34. The van der Waals surface area contributed by atoms with E-state index in [0.29, 0.717) is 0 Å². The second-order valence-corrected chi connectivity index (χ2v) is 6.28. The molecule has 0 aliphatic carbocycles. The lowest BCUT2D eigenvalue weighted by molar-refractivity contribution is 0.502. The van der Waals surface area contributed by atoms with Crippen LogP contribution in [-0.4, -0.2) is 16.3 Å². The molecule has 0 amide bonds. The van der Waals surface area contributed by atoms with E-state index in [1.54, 1.807) is 0 Å². The van der Waals surface area contributed by atoms with Gasteiger partial charge in [-0.15, -0.1) is 0 Å². The zero-order chi connectivity index (χ0) is 14.7. The lowest BCUT2D eigenvalue weighted by Gasteiger charge is -2.05. The fourth-order valence-electron chi connectivity index (χ4n) is 2.43. The van der Waals surface area contributed by atoms with Crippen LogP contribution in [0.4, 0.5) is 0 Å². The quantitative estimate of drug-likeness (QED) is 0.510. The summed E-state index contributed by atoms with van der Waals surface area (Å²) in [6.07, 6.45) is 5.04. The van der Waals surface area contributed by atoms with Gasteiger partial charge >= 0.3 is 0 Å². The Labute approximate surface area is 137 Å². The van der Waals surface area contributed by atoms with Crippen molar-refractivity contribution in [2.45, 2.75) is 26.4 Å². The predicted octanol–water partition coefficient (Wildman–Crippen LogP) is 3.78. The third kappa shape index (κ3) is 3.29. The zero-order valence-corrected chi connectivity index (χ0v) is 14.1. The van der Waals surface area contributed by atoms with Gasteiger partial charge < -0.3 is 9.73 Å². The Morgan fingerprint density at radius 2 is 2.19 bits per heavy atom. The van der Waals surface area contributed by atoms with Crippen LogP contribution < -0.4 is 5.32 Å². The van der Waals surface area contributed by atoms with Crippen LogP contribution in [0, 0.1) is 3.57 Å². The highest BCUT2D eigenvalue weighted by Gasteiger charge is 2.14. The Kier molecular flexibility index (Phi) is 4.60. The molecule has 3 rings (SSSR count). The summed E-state index contributed by atoms with van der Waals surface area (Å²) in [4.78, 5) is 0. The van der Waals surface area contributed by atoms with Crippen molar-refractivity contribution >= 4 is 33.6 Å². The lowest BCUT2D eigenvalue weighted by atomic mass is 10.1. The average Bonchev–Trinajstić information content (AvgIpc) is 3.05. The maximum Gasteiger partial charge on any atom is 0.134 e. The molecular weight excluding hydrogens is 377 g/mol. The second-order valence-electron chi connectivity index (χ2n) is 5.03. The van der Waals surface area contributed by atoms with E-state index in [2.05, 4.69) is 52.1 Å². The van der Waals surface area contributed by atoms with Crippen LogP contribution >= 0.6 is 22.6 Å². The van der Waals surface area contributed by atoms with Crippen molar-refractivity contribution in [2.75, 3.05) is 6.54 Å². The third-order valence-electron chi connectivity index (χ3n) is 3.42. The van der Waals surface area contributed by atoms with Crippen LogP contribution in [0.5, 0.6) is 0 Å². The number of furan rings is 1. The first kappa shape index (κ1) is 14.6. The molecule has 0 atom stereocenters. The summed E-state index contributed by atoms with van der Waals surface area (Å²) in [5.41, 5.74) is 2.16. The lowest BCUT2D eigenvalue weighted by Crippen LogP contribution is -2.15. The molecule has 0 aliphatic heterocycles. The van der Waals surface area contributed by atoms with Gasteiger partial charge in [-0.2, -0.15) is 5.10 Å². The highest BCUT2D eigenvalue weighted by Crippen LogP contribution is 2.26. The Balaban J connectivity index is 1.94. The van der Waals surface area contributed by atoms with Crippen LogP contribution in [0.1, 0.15) is 24.7 Å². The maximum absolute atomic E-state index is 6.02. The molecule has 1 N–H and O–H groups in total. The average molecular weight is 395 g/mol. The number of aromatic nitrogens is 2. The van der Waals surface area contributed by atoms with E-state index in [4.69, 9.17) is 4.42 Å². The topological polar surface area (TPSA) is 43.0 Å². The van der Waals surface area contributed by atoms with Gasteiger partial charge in [-0.05, 0) is 41.6 Å². The van der Waals surface area contributed by atoms with E-state index in [9.17, 15) is 0 Å². The molecule has 5 heteroatoms. The summed E-state index contributed by atoms with van der Waals surface area (Å²) >= 11 is 2.28. The Bertz CT molecular complexity index is 732. The van der Waals surface area contributed by atoms with Gasteiger partial charge in [0.25, 0.3) is 0 Å². The zero-order valence-electron chi connectivity index (χ0n) is 12.0. The fourth-order valence-corrected chi connectivity index (χ4v) is 2.88. The van der Waals surface area contributed by atoms with Crippen molar-refractivity contribution < 1.29 is 4.42 Å². The first-order chi connectivity index (χ1) is 10.3. The number of rotatable bonds is 6. The summed E-state index contributed by atoms with van der Waals surface area (Å²) in [5.74, 6) is 1.01. The molecule has 4 nitrogen and oxygen atoms in total. The number of nitrogens with one attached hydrogen (secondary N) is 1. The molecule has 0 fully saturated rings. The minimum Gasteiger partial charge on any atom is -0.459 e. The molecule has 0 bridgehead atoms. The van der Waals surface area contributed by atoms with Crippen molar-refractivity contribution in [2.24, 2.45) is 0 Å². The van der Waals surface area contributed by atoms with Crippen LogP contribution in [-0.2, 0) is 13.1 Å². The van der Waals surface area contributed by atoms with Gasteiger partial charge in [0.05, 0.1) is 22.9 Å². The fraction of sp³-hybridized carbons (Fsp3) is 0.312. The van der Waals surface area contributed by atoms with Crippen LogP contribution in [0.3, 0.4) is 0 Å². The SMILES string of the molecule is CCCNCc1oc2ccccc2c1Cn1cc(I)cn1. The smallest absolute Gasteiger partial charge is 0.134 e. The molecule has 0 unspecified atom stereocenters. The van der Waals surface area contributed by atoms with Crippen LogP contribution in [0.25, 0.3) is 11.0 Å². The van der Waals surface area contributed by atoms with E-state index >= 15 is 0 Å². The molecule has 21 heavy (non-hydrogen) atoms. The first-order valence-electron chi connectivity index (χ1n) is 7.16. The second kappa shape index (κ2) is 6.62. The van der Waals surface area contributed by atoms with Gasteiger partial charge in [0.2, 0.25) is 0 Å². The van der Waals surface area contributed by atoms with Gasteiger partial charge in [0, 0.05) is 17.1 Å². The van der Waals surface area contributed by atoms with Crippen molar-refractivity contribution in [3.8, 4) is 0 Å². The van der Waals surface area contributed by atoms with Gasteiger partial charge in [-0.3, -0.25) is 4.68 Å². The normalized spacial score (nSPS) is 11.3. The number of fused-ring (bicyclic) bond motifs is 1. The monoisotopic (exact) mass is 395 g/mol. The van der Waals surface area contributed by atoms with Gasteiger partial charge in [-0.1, -0.05) is 25.1 Å². The minimum absolute atomic E-state index is 0.739. The molecule has 2 heterocycles. The van der Waals surface area contributed by atoms with E-state index in [0.717, 1.165) is 41.0 Å². The molecule has 1 aromatic carbocycles. The summed E-state index contributed by atoms with van der Waals surface area (Å²) in [6, 6.07) is 8.20. The molecule has 2 aromatic heterocycles. The largest absolute Gasteiger partial charge is 0.459 e. The van der Waals surface area contributed by atoms with E-state index < -0.39 is 0 Å². The molecule has 0 radical (unpaired) electrons. The molecule has 0 spiro atoms. The van der Waals surface area contributed by atoms with E-state index in [-0.39, 0.29) is 0 Å². The summed E-state index contributed by atoms with van der Waals surface area (Å²) in [5, 5.41) is 8.98. The first-order valence-corrected chi connectivity index (χ1v) is 8.23. The van der Waals surface area contributed by atoms with Crippen molar-refractivity contribution in [3.05, 3.63) is 51.6 Å². The number of benzene rings is 1. The van der Waals surface area contributed by atoms with Crippen molar-refractivity contribution in [1.82, 2.24) is 15.1 Å². The molecule has 3 aromatic rings. The molecule has 0 saturated carbocycles. The maximum atomic E-state index is 6.02. The Morgan fingerprint density at radius 3 is 2.95 bits per heavy atom. The highest BCUT2D eigenvalue weighted by molar-refractivity contribution is 14.1. The highest BCUT2D eigenvalue weighted by atomic mass is 127. The number of hydrogen-bond donors (Lipinski definition) is 1. The molecule has 0 aliphatic rings. The van der Waals surface area contributed by atoms with Crippen molar-refractivity contribution in [3.63, 3.8) is 0 Å². The Morgan fingerprint density at radius 1 is 1.33 bits per heavy atom. The third-order valence-corrected chi connectivity index (χ3v) is 3.97. The van der Waals surface area contributed by atoms with Gasteiger partial charge in [0.1, 0.15) is 11.3 Å². The number of para-hydroxylation sites is 1. The summed E-state index contributed by atoms with van der Waals surface area (Å²) in [7, 11) is 0. The van der Waals surface area contributed by atoms with Crippen LogP contribution in [0.15, 0.2) is 41.1 Å². The standard InChI is InChI=1S/C16H18IN3O/c1-2-7-18-9-16-14(11-20-10-12(17)8-19-20)13-5-3-4-6-15(13)21-16/h3-6,8,10,18H,2,7,9,11H2,1H3. The molecule has 110 valence electrons. The van der Waals surface area contributed by atoms with Crippen LogP contribution in [0.2, 0.25) is 0 Å². The van der Waals surface area contributed by atoms with Gasteiger partial charge in [0.15, 0.2) is 0 Å².